The van der Waals surface area contributed by atoms with Crippen molar-refractivity contribution in [3.05, 3.63) is 60.7 Å². The van der Waals surface area contributed by atoms with Gasteiger partial charge in [-0.3, -0.25) is 0 Å². The number of phenols is 2. The van der Waals surface area contributed by atoms with Gasteiger partial charge in [-0.25, -0.2) is 0 Å². The highest BCUT2D eigenvalue weighted by molar-refractivity contribution is 15.0. The minimum Gasteiger partial charge on any atom is -0.508 e. The fraction of sp³-hybridized carbons (Fsp3) is 0.500. The molecule has 0 aliphatic heterocycles. The molecule has 0 unspecified atom stereocenters. The number of benzene rings is 2. The minimum atomic E-state index is 0.322. The van der Waals surface area contributed by atoms with Gasteiger partial charge in [0.05, 0.1) is 0 Å². The van der Waals surface area contributed by atoms with Crippen LogP contribution in [0.1, 0.15) is 60.3 Å². The summed E-state index contributed by atoms with van der Waals surface area (Å²) in [6.45, 7) is 12.0. The van der Waals surface area contributed by atoms with E-state index in [1.807, 2.05) is 12.1 Å². The monoisotopic (exact) mass is 610 g/mol. The molecular weight excluding hydrogens is 574 g/mol. The van der Waals surface area contributed by atoms with Crippen LogP contribution in [0.4, 0.5) is 0 Å². The predicted molar refractivity (Wildman–Crippen MR) is 139 cm³/mol. The smallest absolute Gasteiger partial charge is 0.115 e. The van der Waals surface area contributed by atoms with Gasteiger partial charge in [0, 0.05) is 37.2 Å². The second-order valence-corrected chi connectivity index (χ2v) is 8.98. The maximum atomic E-state index is 8.63. The highest BCUT2D eigenvalue weighted by Gasteiger charge is 2.32. The van der Waals surface area contributed by atoms with Crippen molar-refractivity contribution in [2.75, 3.05) is 0 Å². The molecule has 2 aromatic rings. The van der Waals surface area contributed by atoms with Crippen molar-refractivity contribution in [3.8, 4) is 11.5 Å². The molecule has 1 aliphatic carbocycles. The van der Waals surface area contributed by atoms with Crippen molar-refractivity contribution < 1.29 is 10.2 Å². The van der Waals surface area contributed by atoms with E-state index in [1.54, 1.807) is 48.5 Å². The number of phenolic OH excluding ortho intramolecular Hbond substituents is 2. The van der Waals surface area contributed by atoms with E-state index in [0.717, 1.165) is 5.92 Å². The molecule has 1 fully saturated rings. The molecule has 4 heteroatoms. The van der Waals surface area contributed by atoms with E-state index in [1.165, 1.54) is 25.7 Å². The summed E-state index contributed by atoms with van der Waals surface area (Å²) < 4.78 is 0. The first kappa shape index (κ1) is 27.5. The van der Waals surface area contributed by atoms with E-state index in [-0.39, 0.29) is 0 Å². The average Bonchev–Trinajstić information content (AvgIpc) is 2.65. The fourth-order valence-corrected chi connectivity index (χ4v) is 3.12. The maximum absolute atomic E-state index is 8.63. The largest absolute Gasteiger partial charge is 0.508 e. The Bertz CT molecular complexity index is 560. The normalized spacial score (nSPS) is 15.5. The Balaban J connectivity index is 0.000000393. The van der Waals surface area contributed by atoms with Crippen molar-refractivity contribution in [1.82, 2.24) is 0 Å². The van der Waals surface area contributed by atoms with Gasteiger partial charge in [-0.05, 0) is 66.7 Å². The molecule has 1 saturated carbocycles. The molecule has 0 heterocycles. The van der Waals surface area contributed by atoms with Gasteiger partial charge in [0.15, 0.2) is 0 Å². The molecule has 1 aliphatic rings. The Morgan fingerprint density at radius 2 is 1.07 bits per heavy atom. The third-order valence-corrected chi connectivity index (χ3v) is 5.08. The Kier molecular flexibility index (Phi) is 14.2. The van der Waals surface area contributed by atoms with Gasteiger partial charge < -0.3 is 10.2 Å². The lowest BCUT2D eigenvalue weighted by Crippen LogP contribution is -2.29. The van der Waals surface area contributed by atoms with Crippen LogP contribution in [0, 0.1) is 16.7 Å². The molecule has 0 amide bonds. The SMILES string of the molecule is CC1(C)CCC(C(C)(C)C)CC1.II.Oc1ccccc1.Oc1ccccc1. The first-order chi connectivity index (χ1) is 13.1. The highest BCUT2D eigenvalue weighted by atomic mass is 128. The van der Waals surface area contributed by atoms with E-state index < -0.39 is 0 Å². The number of hydrogen-bond donors (Lipinski definition) is 2. The second-order valence-electron chi connectivity index (χ2n) is 8.98. The first-order valence-electron chi connectivity index (χ1n) is 9.72. The van der Waals surface area contributed by atoms with E-state index in [4.69, 9.17) is 10.2 Å². The minimum absolute atomic E-state index is 0.322. The van der Waals surface area contributed by atoms with Gasteiger partial charge in [0.1, 0.15) is 11.5 Å². The van der Waals surface area contributed by atoms with Gasteiger partial charge in [0.25, 0.3) is 0 Å². The molecule has 2 N–H and O–H groups in total. The van der Waals surface area contributed by atoms with Gasteiger partial charge in [-0.2, -0.15) is 0 Å². The zero-order valence-electron chi connectivity index (χ0n) is 17.8. The molecule has 2 aromatic carbocycles. The molecule has 3 rings (SSSR count). The molecular formula is C24H36I2O2. The lowest BCUT2D eigenvalue weighted by Gasteiger charge is -2.40. The van der Waals surface area contributed by atoms with Crippen LogP contribution in [0.15, 0.2) is 60.7 Å². The Labute approximate surface area is 195 Å². The van der Waals surface area contributed by atoms with Crippen molar-refractivity contribution in [2.24, 2.45) is 16.7 Å². The van der Waals surface area contributed by atoms with Crippen molar-refractivity contribution in [2.45, 2.75) is 60.3 Å². The number of para-hydroxylation sites is 2. The lowest BCUT2D eigenvalue weighted by atomic mass is 9.65. The molecule has 0 aromatic heterocycles. The van der Waals surface area contributed by atoms with Crippen LogP contribution < -0.4 is 0 Å². The number of aromatic hydroxyl groups is 2. The third kappa shape index (κ3) is 13.6. The molecule has 0 atom stereocenters. The van der Waals surface area contributed by atoms with Crippen molar-refractivity contribution >= 4 is 37.2 Å². The molecule has 158 valence electrons. The fourth-order valence-electron chi connectivity index (χ4n) is 3.12. The summed E-state index contributed by atoms with van der Waals surface area (Å²) in [5.41, 5.74) is 1.16. The van der Waals surface area contributed by atoms with Crippen LogP contribution in [-0.4, -0.2) is 10.2 Å². The Hall–Kier alpha value is -0.500. The average molecular weight is 610 g/mol. The summed E-state index contributed by atoms with van der Waals surface area (Å²) in [5.74, 6) is 1.61. The molecule has 2 nitrogen and oxygen atoms in total. The topological polar surface area (TPSA) is 40.5 Å². The Morgan fingerprint density at radius 1 is 0.750 bits per heavy atom. The van der Waals surface area contributed by atoms with Crippen LogP contribution in [-0.2, 0) is 0 Å². The van der Waals surface area contributed by atoms with Crippen LogP contribution >= 0.6 is 37.2 Å². The van der Waals surface area contributed by atoms with Gasteiger partial charge in [-0.1, -0.05) is 71.0 Å². The van der Waals surface area contributed by atoms with Gasteiger partial charge >= 0.3 is 0 Å². The van der Waals surface area contributed by atoms with Gasteiger partial charge in [-0.15, -0.1) is 0 Å². The second kappa shape index (κ2) is 14.5. The van der Waals surface area contributed by atoms with E-state index >= 15 is 0 Å². The standard InChI is InChI=1S/C12H24.2C6H6O.I2/c1-11(2,3)10-6-8-12(4,5)9-7-10;2*7-6-4-2-1-3-5-6;1-2/h10H,6-9H2,1-5H3;2*1-5,7H;. The van der Waals surface area contributed by atoms with E-state index in [2.05, 4.69) is 71.9 Å². The van der Waals surface area contributed by atoms with Crippen LogP contribution in [0.5, 0.6) is 11.5 Å². The Morgan fingerprint density at radius 3 is 1.29 bits per heavy atom. The predicted octanol–water partition coefficient (Wildman–Crippen LogP) is 8.80. The summed E-state index contributed by atoms with van der Waals surface area (Å²) in [7, 11) is 0. The summed E-state index contributed by atoms with van der Waals surface area (Å²) in [5, 5.41) is 17.3. The van der Waals surface area contributed by atoms with Crippen LogP contribution in [0.25, 0.3) is 0 Å². The zero-order valence-corrected chi connectivity index (χ0v) is 22.1. The molecule has 0 radical (unpaired) electrons. The number of hydrogen-bond acceptors (Lipinski definition) is 2. The number of rotatable bonds is 0. The summed E-state index contributed by atoms with van der Waals surface area (Å²) in [6, 6.07) is 17.4. The maximum Gasteiger partial charge on any atom is 0.115 e. The summed E-state index contributed by atoms with van der Waals surface area (Å²) in [4.78, 5) is 0. The van der Waals surface area contributed by atoms with Crippen LogP contribution in [0.2, 0.25) is 0 Å². The molecule has 0 spiro atoms. The highest BCUT2D eigenvalue weighted by Crippen LogP contribution is 2.44. The zero-order chi connectivity index (χ0) is 21.6. The third-order valence-electron chi connectivity index (χ3n) is 5.08. The number of halogens is 2. The molecule has 28 heavy (non-hydrogen) atoms. The summed E-state index contributed by atoms with van der Waals surface area (Å²) in [6.07, 6.45) is 5.73. The van der Waals surface area contributed by atoms with Crippen molar-refractivity contribution in [3.63, 3.8) is 0 Å². The first-order valence-corrected chi connectivity index (χ1v) is 16.0. The van der Waals surface area contributed by atoms with E-state index in [0.29, 0.717) is 22.3 Å². The lowest BCUT2D eigenvalue weighted by molar-refractivity contribution is 0.111. The summed E-state index contributed by atoms with van der Waals surface area (Å²) >= 11 is 4.24. The molecule has 0 bridgehead atoms. The molecule has 0 saturated heterocycles. The van der Waals surface area contributed by atoms with Gasteiger partial charge in [0.2, 0.25) is 0 Å². The van der Waals surface area contributed by atoms with Crippen LogP contribution in [0.3, 0.4) is 0 Å². The quantitative estimate of drug-likeness (QED) is 0.293. The van der Waals surface area contributed by atoms with E-state index in [9.17, 15) is 0 Å². The van der Waals surface area contributed by atoms with Crippen molar-refractivity contribution in [1.29, 1.82) is 0 Å².